The molecule has 4 aromatic rings. The fraction of sp³-hybridized carbons (Fsp3) is 0.100. The van der Waals surface area contributed by atoms with Crippen molar-refractivity contribution in [3.05, 3.63) is 75.7 Å². The molecule has 2 aromatic heterocycles. The fourth-order valence-electron chi connectivity index (χ4n) is 3.76. The number of imidazole rings is 1. The van der Waals surface area contributed by atoms with Crippen molar-refractivity contribution >= 4 is 40.3 Å². The predicted molar refractivity (Wildman–Crippen MR) is 109 cm³/mol. The standard InChI is InChI=1S/C20H15N5O4S/c26-17-12-3-1-2-4-13(12)20(29,25(17)10-16-21-7-8-30-16)11-5-6-14-15(9-11)23-18(22-14)24-19(27)28/h1-9,29H,10H2,(H,27,28)(H2,22,23,24). The van der Waals surface area contributed by atoms with Crippen LogP contribution in [0.2, 0.25) is 0 Å². The van der Waals surface area contributed by atoms with Gasteiger partial charge in [0, 0.05) is 28.3 Å². The number of aromatic nitrogens is 3. The van der Waals surface area contributed by atoms with Crippen LogP contribution in [-0.4, -0.2) is 42.1 Å². The summed E-state index contributed by atoms with van der Waals surface area (Å²) in [5.74, 6) is -0.217. The number of amides is 2. The molecule has 2 aromatic carbocycles. The van der Waals surface area contributed by atoms with Crippen molar-refractivity contribution in [1.29, 1.82) is 0 Å². The number of anilines is 1. The number of rotatable bonds is 4. The van der Waals surface area contributed by atoms with Gasteiger partial charge < -0.3 is 15.2 Å². The molecule has 1 atom stereocenters. The summed E-state index contributed by atoms with van der Waals surface area (Å²) in [5, 5.41) is 25.5. The zero-order valence-electron chi connectivity index (χ0n) is 15.4. The van der Waals surface area contributed by atoms with E-state index >= 15 is 0 Å². The van der Waals surface area contributed by atoms with E-state index in [0.717, 1.165) is 0 Å². The Balaban J connectivity index is 1.65. The van der Waals surface area contributed by atoms with E-state index in [9.17, 15) is 14.7 Å². The number of aromatic amines is 1. The molecular weight excluding hydrogens is 406 g/mol. The van der Waals surface area contributed by atoms with Crippen molar-refractivity contribution in [2.75, 3.05) is 5.32 Å². The molecule has 2 amide bonds. The molecule has 1 aliphatic heterocycles. The van der Waals surface area contributed by atoms with Crippen molar-refractivity contribution < 1.29 is 19.8 Å². The molecule has 0 saturated heterocycles. The minimum Gasteiger partial charge on any atom is -0.465 e. The molecule has 1 aliphatic rings. The fourth-order valence-corrected chi connectivity index (χ4v) is 4.37. The molecule has 10 heteroatoms. The molecule has 0 radical (unpaired) electrons. The highest BCUT2D eigenvalue weighted by Crippen LogP contribution is 2.43. The van der Waals surface area contributed by atoms with Gasteiger partial charge in [0.1, 0.15) is 5.01 Å². The molecule has 0 saturated carbocycles. The first kappa shape index (κ1) is 18.3. The Morgan fingerprint density at radius 2 is 2.10 bits per heavy atom. The van der Waals surface area contributed by atoms with Crippen molar-refractivity contribution in [1.82, 2.24) is 19.9 Å². The van der Waals surface area contributed by atoms with Crippen LogP contribution in [0.1, 0.15) is 26.5 Å². The van der Waals surface area contributed by atoms with E-state index in [1.54, 1.807) is 48.7 Å². The average Bonchev–Trinajstić information content (AvgIpc) is 3.42. The minimum atomic E-state index is -1.71. The Labute approximate surface area is 173 Å². The second kappa shape index (κ2) is 6.65. The first-order valence-electron chi connectivity index (χ1n) is 8.99. The summed E-state index contributed by atoms with van der Waals surface area (Å²) >= 11 is 1.40. The summed E-state index contributed by atoms with van der Waals surface area (Å²) < 4.78 is 0. The summed E-state index contributed by atoms with van der Waals surface area (Å²) in [5.41, 5.74) is 0.698. The lowest BCUT2D eigenvalue weighted by Crippen LogP contribution is -2.44. The lowest BCUT2D eigenvalue weighted by molar-refractivity contribution is -0.0542. The molecule has 0 spiro atoms. The van der Waals surface area contributed by atoms with E-state index in [4.69, 9.17) is 5.11 Å². The Kier molecular flexibility index (Phi) is 4.05. The van der Waals surface area contributed by atoms with Crippen molar-refractivity contribution in [2.45, 2.75) is 12.3 Å². The number of aliphatic hydroxyl groups is 1. The van der Waals surface area contributed by atoms with Crippen molar-refractivity contribution in [3.8, 4) is 0 Å². The molecule has 9 nitrogen and oxygen atoms in total. The van der Waals surface area contributed by atoms with Gasteiger partial charge in [0.15, 0.2) is 5.72 Å². The lowest BCUT2D eigenvalue weighted by atomic mass is 9.93. The maximum atomic E-state index is 13.1. The highest BCUT2D eigenvalue weighted by Gasteiger charge is 2.50. The molecule has 0 bridgehead atoms. The molecule has 3 heterocycles. The second-order valence-electron chi connectivity index (χ2n) is 6.78. The third-order valence-corrected chi connectivity index (χ3v) is 5.82. The first-order chi connectivity index (χ1) is 14.5. The highest BCUT2D eigenvalue weighted by atomic mass is 32.1. The van der Waals surface area contributed by atoms with Crippen LogP contribution in [0.5, 0.6) is 0 Å². The number of nitrogens with zero attached hydrogens (tertiary/aromatic N) is 3. The van der Waals surface area contributed by atoms with Gasteiger partial charge in [-0.15, -0.1) is 11.3 Å². The van der Waals surface area contributed by atoms with Gasteiger partial charge in [-0.05, 0) is 18.2 Å². The van der Waals surface area contributed by atoms with E-state index in [1.165, 1.54) is 16.2 Å². The average molecular weight is 421 g/mol. The van der Waals surface area contributed by atoms with Crippen LogP contribution >= 0.6 is 11.3 Å². The van der Waals surface area contributed by atoms with Gasteiger partial charge >= 0.3 is 6.09 Å². The Morgan fingerprint density at radius 3 is 2.87 bits per heavy atom. The molecule has 150 valence electrons. The summed E-state index contributed by atoms with van der Waals surface area (Å²) in [6.07, 6.45) is 0.415. The van der Waals surface area contributed by atoms with E-state index < -0.39 is 11.8 Å². The molecule has 0 fully saturated rings. The number of carbonyl (C=O) groups is 2. The third-order valence-electron chi connectivity index (χ3n) is 5.06. The summed E-state index contributed by atoms with van der Waals surface area (Å²) in [6, 6.07) is 12.0. The van der Waals surface area contributed by atoms with Crippen LogP contribution in [0, 0.1) is 0 Å². The van der Waals surface area contributed by atoms with Crippen LogP contribution in [0.4, 0.5) is 10.7 Å². The number of benzene rings is 2. The zero-order chi connectivity index (χ0) is 20.9. The van der Waals surface area contributed by atoms with E-state index in [1.807, 2.05) is 5.38 Å². The van der Waals surface area contributed by atoms with Crippen LogP contribution in [0.15, 0.2) is 54.0 Å². The van der Waals surface area contributed by atoms with Gasteiger partial charge in [-0.1, -0.05) is 24.3 Å². The molecular formula is C20H15N5O4S. The maximum absolute atomic E-state index is 13.1. The SMILES string of the molecule is O=C(O)Nc1nc2ccc(C3(O)c4ccccc4C(=O)N3Cc3nccs3)cc2[nH]1. The first-order valence-corrected chi connectivity index (χ1v) is 9.87. The molecule has 0 aliphatic carbocycles. The number of hydrogen-bond acceptors (Lipinski definition) is 6. The van der Waals surface area contributed by atoms with E-state index in [2.05, 4.69) is 20.3 Å². The molecule has 5 rings (SSSR count). The van der Waals surface area contributed by atoms with E-state index in [-0.39, 0.29) is 18.4 Å². The number of H-pyrrole nitrogens is 1. The van der Waals surface area contributed by atoms with Gasteiger partial charge in [0.05, 0.1) is 17.6 Å². The summed E-state index contributed by atoms with van der Waals surface area (Å²) in [4.78, 5) is 36.7. The lowest BCUT2D eigenvalue weighted by Gasteiger charge is -2.34. The van der Waals surface area contributed by atoms with Crippen LogP contribution in [-0.2, 0) is 12.3 Å². The van der Waals surface area contributed by atoms with Gasteiger partial charge in [-0.25, -0.2) is 14.8 Å². The predicted octanol–water partition coefficient (Wildman–Crippen LogP) is 2.96. The molecule has 1 unspecified atom stereocenters. The van der Waals surface area contributed by atoms with Gasteiger partial charge in [-0.2, -0.15) is 0 Å². The van der Waals surface area contributed by atoms with Crippen LogP contribution in [0.25, 0.3) is 11.0 Å². The molecule has 30 heavy (non-hydrogen) atoms. The summed E-state index contributed by atoms with van der Waals surface area (Å²) in [6.45, 7) is 0.147. The Bertz CT molecular complexity index is 1290. The number of hydrogen-bond donors (Lipinski definition) is 4. The number of fused-ring (bicyclic) bond motifs is 2. The number of carboxylic acid groups (broad SMARTS) is 1. The maximum Gasteiger partial charge on any atom is 0.411 e. The number of carbonyl (C=O) groups excluding carboxylic acids is 1. The smallest absolute Gasteiger partial charge is 0.411 e. The van der Waals surface area contributed by atoms with E-state index in [0.29, 0.717) is 32.7 Å². The second-order valence-corrected chi connectivity index (χ2v) is 7.76. The zero-order valence-corrected chi connectivity index (χ0v) is 16.2. The number of thiazole rings is 1. The van der Waals surface area contributed by atoms with Crippen molar-refractivity contribution in [3.63, 3.8) is 0 Å². The largest absolute Gasteiger partial charge is 0.465 e. The number of nitrogens with one attached hydrogen (secondary N) is 2. The topological polar surface area (TPSA) is 131 Å². The Hall–Kier alpha value is -3.76. The summed E-state index contributed by atoms with van der Waals surface area (Å²) in [7, 11) is 0. The Morgan fingerprint density at radius 1 is 1.27 bits per heavy atom. The minimum absolute atomic E-state index is 0.0733. The van der Waals surface area contributed by atoms with Crippen LogP contribution < -0.4 is 5.32 Å². The third kappa shape index (κ3) is 2.73. The van der Waals surface area contributed by atoms with Gasteiger partial charge in [0.25, 0.3) is 5.91 Å². The van der Waals surface area contributed by atoms with Crippen molar-refractivity contribution in [2.24, 2.45) is 0 Å². The molecule has 4 N–H and O–H groups in total. The highest BCUT2D eigenvalue weighted by molar-refractivity contribution is 7.09. The van der Waals surface area contributed by atoms with Gasteiger partial charge in [-0.3, -0.25) is 15.0 Å². The van der Waals surface area contributed by atoms with Gasteiger partial charge in [0.2, 0.25) is 5.95 Å². The normalized spacial score (nSPS) is 18.0. The quantitative estimate of drug-likeness (QED) is 0.401. The monoisotopic (exact) mass is 421 g/mol. The van der Waals surface area contributed by atoms with Crippen LogP contribution in [0.3, 0.4) is 0 Å².